The monoisotopic (exact) mass is 703 g/mol. The Morgan fingerprint density at radius 2 is 1.71 bits per heavy atom. The summed E-state index contributed by atoms with van der Waals surface area (Å²) in [6.45, 7) is 3.68. The molecule has 0 amide bonds. The molecule has 3 aromatic heterocycles. The average molecular weight is 704 g/mol. The van der Waals surface area contributed by atoms with Gasteiger partial charge in [0.15, 0.2) is 0 Å². The van der Waals surface area contributed by atoms with E-state index < -0.39 is 17.4 Å². The summed E-state index contributed by atoms with van der Waals surface area (Å²) in [5, 5.41) is 8.46. The van der Waals surface area contributed by atoms with Crippen molar-refractivity contribution in [3.8, 4) is 5.69 Å². The van der Waals surface area contributed by atoms with Gasteiger partial charge >= 0.3 is 11.9 Å². The molecule has 2 N–H and O–H groups in total. The minimum Gasteiger partial charge on any atom is -0.375 e. The maximum atomic E-state index is 14.5. The lowest BCUT2D eigenvalue weighted by Crippen LogP contribution is -2.36. The van der Waals surface area contributed by atoms with Crippen LogP contribution in [0.25, 0.3) is 11.2 Å². The van der Waals surface area contributed by atoms with E-state index in [0.717, 1.165) is 59.0 Å². The molecule has 270 valence electrons. The minimum atomic E-state index is -4.64. The highest BCUT2D eigenvalue weighted by atomic mass is 19.4. The molecule has 2 aliphatic rings. The summed E-state index contributed by atoms with van der Waals surface area (Å²) < 4.78 is 59.5. The molecule has 51 heavy (non-hydrogen) atoms. The Morgan fingerprint density at radius 1 is 0.961 bits per heavy atom. The van der Waals surface area contributed by atoms with Crippen LogP contribution >= 0.6 is 0 Å². The first-order valence-corrected chi connectivity index (χ1v) is 17.7. The number of rotatable bonds is 13. The summed E-state index contributed by atoms with van der Waals surface area (Å²) in [5.74, 6) is 1.19. The van der Waals surface area contributed by atoms with E-state index in [4.69, 9.17) is 15.2 Å². The Labute approximate surface area is 294 Å². The SMILES string of the molecule is Cn1cnnc1[C@@H](c1cccc(-n2cc3c(C(F)(F)F)cc(CN4CCC(OCc5ccc(COCCN)cc5)CC4)cn3c2=O)c1)C1CCC1. The standard InChI is InChI=1S/C38H44F3N7O3/c1-45-25-43-44-36(45)35(29-4-2-5-29)30-6-3-7-31(19-30)47-22-34-33(38(39,40)41)18-28(21-48(34)37(47)49)20-46-15-12-32(13-16-46)51-24-27-10-8-26(9-11-27)23-50-17-14-42/h3,6-11,18-19,21-22,25,29,32,35H,2,4-5,12-17,20,23-24,42H2,1H3/t35-/m1/s1. The Morgan fingerprint density at radius 3 is 2.35 bits per heavy atom. The zero-order valence-electron chi connectivity index (χ0n) is 28.8. The van der Waals surface area contributed by atoms with E-state index in [1.165, 1.54) is 16.8 Å². The third-order valence-corrected chi connectivity index (χ3v) is 10.3. The normalized spacial score (nSPS) is 16.9. The number of piperidine rings is 1. The van der Waals surface area contributed by atoms with Crippen LogP contribution in [0.5, 0.6) is 0 Å². The number of aromatic nitrogens is 5. The molecule has 0 unspecified atom stereocenters. The van der Waals surface area contributed by atoms with Crippen molar-refractivity contribution in [3.05, 3.63) is 117 Å². The molecule has 1 aliphatic heterocycles. The quantitative estimate of drug-likeness (QED) is 0.154. The van der Waals surface area contributed by atoms with Crippen LogP contribution in [0.4, 0.5) is 13.2 Å². The largest absolute Gasteiger partial charge is 0.418 e. The summed E-state index contributed by atoms with van der Waals surface area (Å²) in [7, 11) is 1.91. The molecular weight excluding hydrogens is 659 g/mol. The fourth-order valence-electron chi connectivity index (χ4n) is 7.30. The van der Waals surface area contributed by atoms with E-state index in [0.29, 0.717) is 63.2 Å². The van der Waals surface area contributed by atoms with Crippen molar-refractivity contribution in [1.29, 1.82) is 0 Å². The second-order valence-corrected chi connectivity index (χ2v) is 13.8. The van der Waals surface area contributed by atoms with Crippen molar-refractivity contribution in [1.82, 2.24) is 28.6 Å². The molecular formula is C38H44F3N7O3. The van der Waals surface area contributed by atoms with Gasteiger partial charge in [-0.05, 0) is 72.1 Å². The molecule has 13 heteroatoms. The first-order valence-electron chi connectivity index (χ1n) is 17.7. The van der Waals surface area contributed by atoms with Crippen molar-refractivity contribution in [2.75, 3.05) is 26.2 Å². The Bertz CT molecular complexity index is 1990. The smallest absolute Gasteiger partial charge is 0.375 e. The second kappa shape index (κ2) is 15.1. The molecule has 2 fully saturated rings. The third kappa shape index (κ3) is 7.81. The Kier molecular flexibility index (Phi) is 10.4. The summed E-state index contributed by atoms with van der Waals surface area (Å²) >= 11 is 0. The van der Waals surface area contributed by atoms with Crippen LogP contribution in [-0.4, -0.2) is 61.0 Å². The second-order valence-electron chi connectivity index (χ2n) is 13.8. The third-order valence-electron chi connectivity index (χ3n) is 10.3. The molecule has 0 spiro atoms. The van der Waals surface area contributed by atoms with Crippen LogP contribution < -0.4 is 11.4 Å². The van der Waals surface area contributed by atoms with Crippen LogP contribution in [0.1, 0.15) is 71.7 Å². The number of nitrogens with zero attached hydrogens (tertiary/aromatic N) is 6. The lowest BCUT2D eigenvalue weighted by atomic mass is 9.72. The summed E-state index contributed by atoms with van der Waals surface area (Å²) in [5.41, 5.74) is 7.98. The summed E-state index contributed by atoms with van der Waals surface area (Å²) in [4.78, 5) is 15.9. The number of imidazole rings is 1. The molecule has 1 atom stereocenters. The van der Waals surface area contributed by atoms with Crippen LogP contribution in [0.2, 0.25) is 0 Å². The average Bonchev–Trinajstić information content (AvgIpc) is 3.68. The Balaban J connectivity index is 1.06. The van der Waals surface area contributed by atoms with Gasteiger partial charge in [0.05, 0.1) is 42.7 Å². The number of likely N-dealkylation sites (tertiary alicyclic amines) is 1. The van der Waals surface area contributed by atoms with Crippen LogP contribution in [-0.2, 0) is 42.5 Å². The molecule has 1 saturated heterocycles. The number of fused-ring (bicyclic) bond motifs is 1. The van der Waals surface area contributed by atoms with E-state index in [9.17, 15) is 18.0 Å². The lowest BCUT2D eigenvalue weighted by Gasteiger charge is -2.33. The number of aryl methyl sites for hydroxylation is 1. The minimum absolute atomic E-state index is 0.0236. The van der Waals surface area contributed by atoms with Gasteiger partial charge in [-0.1, -0.05) is 42.8 Å². The van der Waals surface area contributed by atoms with Gasteiger partial charge in [-0.25, -0.2) is 4.79 Å². The molecule has 4 heterocycles. The highest BCUT2D eigenvalue weighted by Gasteiger charge is 2.36. The predicted octanol–water partition coefficient (Wildman–Crippen LogP) is 5.83. The molecule has 10 nitrogen and oxygen atoms in total. The van der Waals surface area contributed by atoms with E-state index in [2.05, 4.69) is 15.1 Å². The first kappa shape index (κ1) is 35.1. The maximum absolute atomic E-state index is 14.5. The zero-order chi connectivity index (χ0) is 35.5. The molecule has 0 bridgehead atoms. The first-order chi connectivity index (χ1) is 24.7. The fraction of sp³-hybridized carbons (Fsp3) is 0.447. The molecule has 7 rings (SSSR count). The van der Waals surface area contributed by atoms with E-state index in [-0.39, 0.29) is 17.5 Å². The Hall–Kier alpha value is -4.30. The molecule has 5 aromatic rings. The van der Waals surface area contributed by atoms with Gasteiger partial charge in [-0.15, -0.1) is 10.2 Å². The van der Waals surface area contributed by atoms with Gasteiger partial charge in [-0.2, -0.15) is 13.2 Å². The van der Waals surface area contributed by atoms with Crippen molar-refractivity contribution in [2.45, 2.75) is 70.1 Å². The summed E-state index contributed by atoms with van der Waals surface area (Å²) in [6.07, 6.45) is 4.74. The van der Waals surface area contributed by atoms with Gasteiger partial charge in [0, 0.05) is 51.5 Å². The lowest BCUT2D eigenvalue weighted by molar-refractivity contribution is -0.136. The van der Waals surface area contributed by atoms with E-state index >= 15 is 0 Å². The number of pyridine rings is 1. The van der Waals surface area contributed by atoms with Crippen LogP contribution in [0.3, 0.4) is 0 Å². The highest BCUT2D eigenvalue weighted by molar-refractivity contribution is 5.58. The van der Waals surface area contributed by atoms with Crippen LogP contribution in [0.15, 0.2) is 78.1 Å². The van der Waals surface area contributed by atoms with Crippen molar-refractivity contribution in [2.24, 2.45) is 18.7 Å². The van der Waals surface area contributed by atoms with Crippen molar-refractivity contribution in [3.63, 3.8) is 0 Å². The maximum Gasteiger partial charge on any atom is 0.418 e. The zero-order valence-corrected chi connectivity index (χ0v) is 28.8. The summed E-state index contributed by atoms with van der Waals surface area (Å²) in [6, 6.07) is 16.8. The number of alkyl halides is 3. The van der Waals surface area contributed by atoms with Gasteiger partial charge < -0.3 is 19.8 Å². The number of nitrogens with two attached hydrogens (primary N) is 1. The van der Waals surface area contributed by atoms with Gasteiger partial charge in [0.2, 0.25) is 0 Å². The molecule has 2 aromatic carbocycles. The number of halogens is 3. The van der Waals surface area contributed by atoms with Crippen LogP contribution in [0, 0.1) is 5.92 Å². The number of hydrogen-bond acceptors (Lipinski definition) is 7. The molecule has 1 saturated carbocycles. The van der Waals surface area contributed by atoms with Crippen molar-refractivity contribution < 1.29 is 22.6 Å². The number of benzene rings is 2. The molecule has 1 aliphatic carbocycles. The van der Waals surface area contributed by atoms with E-state index in [1.54, 1.807) is 18.6 Å². The topological polar surface area (TPSA) is 105 Å². The fourth-order valence-corrected chi connectivity index (χ4v) is 7.30. The number of hydrogen-bond donors (Lipinski definition) is 1. The van der Waals surface area contributed by atoms with Crippen molar-refractivity contribution >= 4 is 5.52 Å². The van der Waals surface area contributed by atoms with Gasteiger partial charge in [0.25, 0.3) is 0 Å². The van der Waals surface area contributed by atoms with Gasteiger partial charge in [0.1, 0.15) is 12.2 Å². The van der Waals surface area contributed by atoms with E-state index in [1.807, 2.05) is 54.1 Å². The van der Waals surface area contributed by atoms with Gasteiger partial charge in [-0.3, -0.25) is 13.9 Å². The predicted molar refractivity (Wildman–Crippen MR) is 186 cm³/mol. The molecule has 0 radical (unpaired) electrons. The number of ether oxygens (including phenoxy) is 2. The highest BCUT2D eigenvalue weighted by Crippen LogP contribution is 2.43.